The maximum atomic E-state index is 12.8. The molecule has 0 bridgehead atoms. The summed E-state index contributed by atoms with van der Waals surface area (Å²) in [4.78, 5) is 27.7. The summed E-state index contributed by atoms with van der Waals surface area (Å²) in [5.41, 5.74) is 9.78. The summed E-state index contributed by atoms with van der Waals surface area (Å²) >= 11 is 0. The van der Waals surface area contributed by atoms with Crippen molar-refractivity contribution in [3.05, 3.63) is 82.2 Å². The minimum absolute atomic E-state index is 0.358. The molecular formula is C17H15N3O3. The van der Waals surface area contributed by atoms with Crippen LogP contribution in [0.25, 0.3) is 10.4 Å². The molecule has 2 aromatic rings. The van der Waals surface area contributed by atoms with Gasteiger partial charge in [0.05, 0.1) is 13.2 Å². The van der Waals surface area contributed by atoms with Crippen LogP contribution in [0.15, 0.2) is 65.8 Å². The lowest BCUT2D eigenvalue weighted by molar-refractivity contribution is -0.144. The van der Waals surface area contributed by atoms with Crippen molar-refractivity contribution in [1.82, 2.24) is 0 Å². The molecule has 0 N–H and O–H groups in total. The van der Waals surface area contributed by atoms with E-state index >= 15 is 0 Å². The van der Waals surface area contributed by atoms with Crippen molar-refractivity contribution in [1.29, 1.82) is 0 Å². The SMILES string of the molecule is COC(=O)C(C(=O)c1ccccc1)C(N=[N+]=[N-])c1ccccc1. The van der Waals surface area contributed by atoms with Crippen LogP contribution in [-0.2, 0) is 9.53 Å². The fourth-order valence-electron chi connectivity index (χ4n) is 2.32. The normalized spacial score (nSPS) is 12.6. The van der Waals surface area contributed by atoms with Gasteiger partial charge in [-0.05, 0) is 11.1 Å². The van der Waals surface area contributed by atoms with Gasteiger partial charge in [-0.3, -0.25) is 9.59 Å². The maximum Gasteiger partial charge on any atom is 0.317 e. The zero-order valence-corrected chi connectivity index (χ0v) is 12.5. The molecule has 0 fully saturated rings. The Labute approximate surface area is 133 Å². The van der Waals surface area contributed by atoms with E-state index in [1.165, 1.54) is 7.11 Å². The number of ether oxygens (including phenoxy) is 1. The minimum Gasteiger partial charge on any atom is -0.468 e. The second-order valence-electron chi connectivity index (χ2n) is 4.79. The standard InChI is InChI=1S/C17H15N3O3/c1-23-17(22)14(16(21)13-10-6-3-7-11-13)15(19-20-18)12-8-4-2-5-9-12/h2-11,14-15H,1H3. The Hall–Kier alpha value is -3.11. The van der Waals surface area contributed by atoms with Gasteiger partial charge in [0.25, 0.3) is 0 Å². The zero-order chi connectivity index (χ0) is 16.7. The van der Waals surface area contributed by atoms with Gasteiger partial charge in [0.15, 0.2) is 5.78 Å². The van der Waals surface area contributed by atoms with Gasteiger partial charge < -0.3 is 4.74 Å². The van der Waals surface area contributed by atoms with E-state index in [-0.39, 0.29) is 0 Å². The second-order valence-corrected chi connectivity index (χ2v) is 4.79. The molecule has 0 saturated carbocycles. The number of hydrogen-bond donors (Lipinski definition) is 0. The number of carbonyl (C=O) groups excluding carboxylic acids is 2. The first-order valence-electron chi connectivity index (χ1n) is 6.95. The topological polar surface area (TPSA) is 92.1 Å². The summed E-state index contributed by atoms with van der Waals surface area (Å²) in [6.45, 7) is 0. The summed E-state index contributed by atoms with van der Waals surface area (Å²) in [5.74, 6) is -2.42. The zero-order valence-electron chi connectivity index (χ0n) is 12.5. The smallest absolute Gasteiger partial charge is 0.317 e. The first-order valence-corrected chi connectivity index (χ1v) is 6.95. The van der Waals surface area contributed by atoms with Gasteiger partial charge in [-0.2, -0.15) is 0 Å². The van der Waals surface area contributed by atoms with Crippen LogP contribution in [0.4, 0.5) is 0 Å². The molecule has 2 unspecified atom stereocenters. The molecule has 6 heteroatoms. The van der Waals surface area contributed by atoms with E-state index in [9.17, 15) is 9.59 Å². The highest BCUT2D eigenvalue weighted by Gasteiger charge is 2.36. The molecule has 0 saturated heterocycles. The van der Waals surface area contributed by atoms with E-state index in [0.717, 1.165) is 0 Å². The fourth-order valence-corrected chi connectivity index (χ4v) is 2.32. The van der Waals surface area contributed by atoms with Gasteiger partial charge in [0.1, 0.15) is 5.92 Å². The number of nitrogens with zero attached hydrogens (tertiary/aromatic N) is 3. The van der Waals surface area contributed by atoms with Crippen molar-refractivity contribution in [2.75, 3.05) is 7.11 Å². The monoisotopic (exact) mass is 309 g/mol. The highest BCUT2D eigenvalue weighted by Crippen LogP contribution is 2.30. The predicted octanol–water partition coefficient (Wildman–Crippen LogP) is 3.71. The largest absolute Gasteiger partial charge is 0.468 e. The van der Waals surface area contributed by atoms with E-state index in [1.807, 2.05) is 0 Å². The highest BCUT2D eigenvalue weighted by atomic mass is 16.5. The number of methoxy groups -OCH3 is 1. The average molecular weight is 309 g/mol. The van der Waals surface area contributed by atoms with E-state index in [0.29, 0.717) is 11.1 Å². The quantitative estimate of drug-likeness (QED) is 0.203. The molecule has 0 heterocycles. The Kier molecular flexibility index (Phi) is 5.50. The first kappa shape index (κ1) is 16.3. The fraction of sp³-hybridized carbons (Fsp3) is 0.176. The average Bonchev–Trinajstić information content (AvgIpc) is 2.62. The summed E-state index contributed by atoms with van der Waals surface area (Å²) < 4.78 is 4.76. The third-order valence-corrected chi connectivity index (χ3v) is 3.43. The molecule has 6 nitrogen and oxygen atoms in total. The molecule has 116 valence electrons. The Morgan fingerprint density at radius 1 is 1.04 bits per heavy atom. The van der Waals surface area contributed by atoms with E-state index in [4.69, 9.17) is 10.3 Å². The predicted molar refractivity (Wildman–Crippen MR) is 84.6 cm³/mol. The van der Waals surface area contributed by atoms with Gasteiger partial charge in [0.2, 0.25) is 0 Å². The van der Waals surface area contributed by atoms with Crippen LogP contribution in [0, 0.1) is 5.92 Å². The van der Waals surface area contributed by atoms with Gasteiger partial charge in [-0.15, -0.1) is 0 Å². The molecule has 0 amide bonds. The van der Waals surface area contributed by atoms with Gasteiger partial charge in [-0.1, -0.05) is 65.8 Å². The van der Waals surface area contributed by atoms with Crippen LogP contribution in [0.2, 0.25) is 0 Å². The summed E-state index contributed by atoms with van der Waals surface area (Å²) in [5, 5.41) is 3.67. The number of esters is 1. The van der Waals surface area contributed by atoms with Crippen molar-refractivity contribution in [3.8, 4) is 0 Å². The van der Waals surface area contributed by atoms with Crippen molar-refractivity contribution in [2.24, 2.45) is 11.0 Å². The molecule has 2 atom stereocenters. The first-order chi connectivity index (χ1) is 11.2. The van der Waals surface area contributed by atoms with Gasteiger partial charge in [0, 0.05) is 10.5 Å². The molecule has 2 aromatic carbocycles. The molecule has 0 aliphatic carbocycles. The lowest BCUT2D eigenvalue weighted by Crippen LogP contribution is -2.30. The lowest BCUT2D eigenvalue weighted by Gasteiger charge is -2.20. The maximum absolute atomic E-state index is 12.8. The molecule has 0 aromatic heterocycles. The Morgan fingerprint density at radius 2 is 1.61 bits per heavy atom. The number of Topliss-reactive ketones (excluding diaryl/α,β-unsaturated/α-hetero) is 1. The molecule has 2 rings (SSSR count). The molecule has 23 heavy (non-hydrogen) atoms. The number of azide groups is 1. The second kappa shape index (κ2) is 7.77. The number of hydrogen-bond acceptors (Lipinski definition) is 4. The molecular weight excluding hydrogens is 294 g/mol. The van der Waals surface area contributed by atoms with E-state index in [2.05, 4.69) is 10.0 Å². The Morgan fingerprint density at radius 3 is 2.13 bits per heavy atom. The summed E-state index contributed by atoms with van der Waals surface area (Å²) in [6.07, 6.45) is 0. The highest BCUT2D eigenvalue weighted by molar-refractivity contribution is 6.09. The van der Waals surface area contributed by atoms with Crippen molar-refractivity contribution in [2.45, 2.75) is 6.04 Å². The molecule has 0 radical (unpaired) electrons. The molecule has 0 aliphatic heterocycles. The number of carbonyl (C=O) groups is 2. The Bertz CT molecular complexity index is 725. The van der Waals surface area contributed by atoms with E-state index < -0.39 is 23.7 Å². The van der Waals surface area contributed by atoms with Crippen LogP contribution in [-0.4, -0.2) is 18.9 Å². The number of rotatable bonds is 6. The van der Waals surface area contributed by atoms with Crippen molar-refractivity contribution < 1.29 is 14.3 Å². The van der Waals surface area contributed by atoms with Crippen LogP contribution in [0.3, 0.4) is 0 Å². The summed E-state index contributed by atoms with van der Waals surface area (Å²) in [6, 6.07) is 16.1. The van der Waals surface area contributed by atoms with Crippen LogP contribution >= 0.6 is 0 Å². The van der Waals surface area contributed by atoms with Crippen LogP contribution in [0.5, 0.6) is 0 Å². The number of benzene rings is 2. The van der Waals surface area contributed by atoms with Crippen LogP contribution < -0.4 is 0 Å². The summed E-state index contributed by atoms with van der Waals surface area (Å²) in [7, 11) is 1.20. The minimum atomic E-state index is -1.24. The van der Waals surface area contributed by atoms with Crippen molar-refractivity contribution in [3.63, 3.8) is 0 Å². The molecule has 0 spiro atoms. The third kappa shape index (κ3) is 3.75. The van der Waals surface area contributed by atoms with Gasteiger partial charge >= 0.3 is 5.97 Å². The van der Waals surface area contributed by atoms with Gasteiger partial charge in [-0.25, -0.2) is 0 Å². The number of ketones is 1. The lowest BCUT2D eigenvalue weighted by atomic mass is 9.87. The van der Waals surface area contributed by atoms with Crippen LogP contribution in [0.1, 0.15) is 22.0 Å². The van der Waals surface area contributed by atoms with E-state index in [1.54, 1.807) is 60.7 Å². The van der Waals surface area contributed by atoms with Crippen molar-refractivity contribution >= 4 is 11.8 Å². The third-order valence-electron chi connectivity index (χ3n) is 3.43. The molecule has 0 aliphatic rings. The Balaban J connectivity index is 2.50.